The summed E-state index contributed by atoms with van der Waals surface area (Å²) in [5.41, 5.74) is 6.80. The van der Waals surface area contributed by atoms with E-state index < -0.39 is 35.1 Å². The smallest absolute Gasteiger partial charge is 0.266 e. The molecule has 4 aromatic rings. The van der Waals surface area contributed by atoms with Crippen molar-refractivity contribution in [2.75, 3.05) is 50.8 Å². The summed E-state index contributed by atoms with van der Waals surface area (Å²) in [6.07, 6.45) is 2.98. The molecule has 0 spiro atoms. The molecule has 9 rings (SSSR count). The van der Waals surface area contributed by atoms with Crippen molar-refractivity contribution in [1.82, 2.24) is 25.0 Å². The van der Waals surface area contributed by atoms with Gasteiger partial charge in [0, 0.05) is 85.0 Å². The monoisotopic (exact) mass is 809 g/mol. The van der Waals surface area contributed by atoms with Gasteiger partial charge in [-0.3, -0.25) is 43.9 Å². The number of nitrogens with one attached hydrogen (secondary N) is 2. The molecular weight excluding hydrogens is 763 g/mol. The molecule has 5 amide bonds. The number of piperidine rings is 2. The third-order valence-corrected chi connectivity index (χ3v) is 13.3. The fourth-order valence-electron chi connectivity index (χ4n) is 9.98. The van der Waals surface area contributed by atoms with Gasteiger partial charge in [-0.25, -0.2) is 0 Å². The van der Waals surface area contributed by atoms with Gasteiger partial charge in [-0.05, 0) is 73.2 Å². The summed E-state index contributed by atoms with van der Waals surface area (Å²) in [7, 11) is 0. The molecule has 1 aliphatic carbocycles. The van der Waals surface area contributed by atoms with Crippen molar-refractivity contribution < 1.29 is 33.5 Å². The van der Waals surface area contributed by atoms with E-state index in [4.69, 9.17) is 4.74 Å². The van der Waals surface area contributed by atoms with Crippen LogP contribution < -0.4 is 15.0 Å². The van der Waals surface area contributed by atoms with Gasteiger partial charge in [0.25, 0.3) is 11.8 Å². The quantitative estimate of drug-likeness (QED) is 0.242. The molecule has 1 aromatic heterocycles. The molecule has 1 atom stereocenters. The number of aromatic amines is 1. The molecular formula is C46H47N7O7. The molecule has 3 fully saturated rings. The zero-order valence-corrected chi connectivity index (χ0v) is 34.1. The molecule has 0 saturated carbocycles. The summed E-state index contributed by atoms with van der Waals surface area (Å²) in [5.74, 6) is -2.21. The summed E-state index contributed by atoms with van der Waals surface area (Å²) in [6, 6.07) is 16.0. The third-order valence-electron chi connectivity index (χ3n) is 13.3. The number of carbonyl (C=O) groups excluding carboxylic acids is 6. The van der Waals surface area contributed by atoms with Crippen molar-refractivity contribution in [2.45, 2.75) is 76.8 Å². The van der Waals surface area contributed by atoms with E-state index in [1.807, 2.05) is 17.0 Å². The number of imide groups is 2. The Morgan fingerprint density at radius 2 is 1.67 bits per heavy atom. The minimum Gasteiger partial charge on any atom is -0.492 e. The number of fused-ring (bicyclic) bond motifs is 5. The lowest BCUT2D eigenvalue weighted by molar-refractivity contribution is -0.136. The number of benzene rings is 3. The van der Waals surface area contributed by atoms with E-state index in [1.54, 1.807) is 18.2 Å². The molecule has 0 bridgehead atoms. The number of anilines is 1. The largest absolute Gasteiger partial charge is 0.492 e. The molecule has 3 saturated heterocycles. The van der Waals surface area contributed by atoms with E-state index in [0.717, 1.165) is 83.6 Å². The maximum Gasteiger partial charge on any atom is 0.266 e. The number of piperazine rings is 1. The van der Waals surface area contributed by atoms with E-state index in [9.17, 15) is 34.0 Å². The zero-order valence-electron chi connectivity index (χ0n) is 34.1. The van der Waals surface area contributed by atoms with Crippen LogP contribution in [0.4, 0.5) is 5.69 Å². The Balaban J connectivity index is 0.793. The van der Waals surface area contributed by atoms with Crippen LogP contribution in [0.15, 0.2) is 48.5 Å². The fourth-order valence-corrected chi connectivity index (χ4v) is 9.98. The van der Waals surface area contributed by atoms with Gasteiger partial charge < -0.3 is 19.5 Å². The fraction of sp³-hybridized carbons (Fsp3) is 0.413. The minimum absolute atomic E-state index is 0.0216. The average molecular weight is 810 g/mol. The second kappa shape index (κ2) is 15.0. The predicted molar refractivity (Wildman–Crippen MR) is 221 cm³/mol. The number of aryl methyl sites for hydroxylation is 1. The van der Waals surface area contributed by atoms with Crippen molar-refractivity contribution in [1.29, 1.82) is 5.26 Å². The minimum atomic E-state index is -1.07. The summed E-state index contributed by atoms with van der Waals surface area (Å²) in [5, 5.41) is 12.5. The second-order valence-electron chi connectivity index (χ2n) is 16.9. The molecule has 14 nitrogen and oxygen atoms in total. The molecule has 14 heteroatoms. The first kappa shape index (κ1) is 39.1. The SMILES string of the molecule is CCc1cc2c(cc1N1CCC(N3CCN(C(=O)CCOc4cccc5c4C(=O)N(C4CCC(=O)NC4=O)C5=O)CC3)CC1)C(C)(C)c1[nH]c3cc(C#N)ccc3c1C2=O. The van der Waals surface area contributed by atoms with E-state index in [0.29, 0.717) is 30.3 Å². The number of amides is 5. The molecule has 5 aliphatic rings. The van der Waals surface area contributed by atoms with Crippen LogP contribution >= 0.6 is 0 Å². The number of hydrogen-bond acceptors (Lipinski definition) is 10. The number of H-pyrrole nitrogens is 1. The number of ketones is 1. The van der Waals surface area contributed by atoms with Crippen molar-refractivity contribution in [3.05, 3.63) is 93.2 Å². The molecule has 1 unspecified atom stereocenters. The predicted octanol–water partition coefficient (Wildman–Crippen LogP) is 4.46. The Morgan fingerprint density at radius 3 is 2.38 bits per heavy atom. The van der Waals surface area contributed by atoms with Crippen LogP contribution in [0.1, 0.15) is 112 Å². The van der Waals surface area contributed by atoms with Gasteiger partial charge in [-0.15, -0.1) is 0 Å². The van der Waals surface area contributed by atoms with Gasteiger partial charge in [0.1, 0.15) is 11.8 Å². The molecule has 0 radical (unpaired) electrons. The van der Waals surface area contributed by atoms with Gasteiger partial charge in [0.2, 0.25) is 17.7 Å². The Bertz CT molecular complexity index is 2550. The molecule has 3 aromatic carbocycles. The van der Waals surface area contributed by atoms with E-state index in [-0.39, 0.29) is 54.4 Å². The summed E-state index contributed by atoms with van der Waals surface area (Å²) in [6.45, 7) is 11.0. The highest BCUT2D eigenvalue weighted by molar-refractivity contribution is 6.24. The van der Waals surface area contributed by atoms with Gasteiger partial charge >= 0.3 is 0 Å². The van der Waals surface area contributed by atoms with E-state index in [1.165, 1.54) is 11.8 Å². The lowest BCUT2D eigenvalue weighted by Gasteiger charge is -2.44. The molecule has 60 heavy (non-hydrogen) atoms. The Kier molecular flexibility index (Phi) is 9.82. The maximum absolute atomic E-state index is 14.1. The summed E-state index contributed by atoms with van der Waals surface area (Å²) < 4.78 is 5.93. The van der Waals surface area contributed by atoms with E-state index in [2.05, 4.69) is 59.1 Å². The van der Waals surface area contributed by atoms with Crippen LogP contribution in [0.25, 0.3) is 10.9 Å². The highest BCUT2D eigenvalue weighted by atomic mass is 16.5. The number of rotatable bonds is 8. The Morgan fingerprint density at radius 1 is 0.900 bits per heavy atom. The summed E-state index contributed by atoms with van der Waals surface area (Å²) in [4.78, 5) is 89.3. The first-order valence-corrected chi connectivity index (χ1v) is 20.9. The number of nitrogens with zero attached hydrogens (tertiary/aromatic N) is 5. The summed E-state index contributed by atoms with van der Waals surface area (Å²) >= 11 is 0. The molecule has 4 aliphatic heterocycles. The van der Waals surface area contributed by atoms with Crippen LogP contribution in [-0.2, 0) is 26.2 Å². The number of hydrogen-bond donors (Lipinski definition) is 2. The Hall–Kier alpha value is -6.33. The topological polar surface area (TPSA) is 176 Å². The highest BCUT2D eigenvalue weighted by Gasteiger charge is 2.46. The van der Waals surface area contributed by atoms with Crippen LogP contribution in [0.5, 0.6) is 5.75 Å². The molecule has 2 N–H and O–H groups in total. The standard InChI is InChI=1S/C46H47N7O7/c1-4-27-23-31-32(46(2,3)42-40(41(31)56)29-9-8-26(25-47)22-33(29)48-42)24-35(27)51-15-12-28(13-16-51)50-17-19-52(20-18-50)38(55)14-21-60-36-7-5-6-30-39(36)45(59)53(44(30)58)34-10-11-37(54)49-43(34)57/h5-9,22-24,28,34,48H,4,10-21H2,1-3H3,(H,49,54,57). The van der Waals surface area contributed by atoms with Crippen molar-refractivity contribution in [3.63, 3.8) is 0 Å². The lowest BCUT2D eigenvalue weighted by Crippen LogP contribution is -2.54. The van der Waals surface area contributed by atoms with Crippen molar-refractivity contribution in [3.8, 4) is 11.8 Å². The molecule has 5 heterocycles. The van der Waals surface area contributed by atoms with Crippen LogP contribution in [0.3, 0.4) is 0 Å². The van der Waals surface area contributed by atoms with Crippen molar-refractivity contribution >= 4 is 51.9 Å². The highest BCUT2D eigenvalue weighted by Crippen LogP contribution is 2.46. The van der Waals surface area contributed by atoms with Crippen LogP contribution in [0.2, 0.25) is 0 Å². The van der Waals surface area contributed by atoms with Crippen molar-refractivity contribution in [2.24, 2.45) is 0 Å². The number of nitriles is 1. The van der Waals surface area contributed by atoms with Gasteiger partial charge in [-0.2, -0.15) is 5.26 Å². The first-order valence-electron chi connectivity index (χ1n) is 20.9. The maximum atomic E-state index is 14.1. The Labute approximate surface area is 347 Å². The normalized spacial score (nSPS) is 20.5. The average Bonchev–Trinajstić information content (AvgIpc) is 3.77. The third kappa shape index (κ3) is 6.43. The zero-order chi connectivity index (χ0) is 42.0. The molecule has 308 valence electrons. The number of aromatic nitrogens is 1. The number of ether oxygens (including phenoxy) is 1. The lowest BCUT2D eigenvalue weighted by atomic mass is 9.70. The van der Waals surface area contributed by atoms with E-state index >= 15 is 0 Å². The second-order valence-corrected chi connectivity index (χ2v) is 16.9. The number of carbonyl (C=O) groups is 6. The van der Waals surface area contributed by atoms with Gasteiger partial charge in [0.15, 0.2) is 5.78 Å². The van der Waals surface area contributed by atoms with Crippen LogP contribution in [-0.4, -0.2) is 113 Å². The first-order chi connectivity index (χ1) is 28.9. The van der Waals surface area contributed by atoms with Crippen LogP contribution in [0, 0.1) is 11.3 Å². The van der Waals surface area contributed by atoms with Gasteiger partial charge in [0.05, 0.1) is 41.4 Å². The van der Waals surface area contributed by atoms with Gasteiger partial charge in [-0.1, -0.05) is 32.9 Å².